The van der Waals surface area contributed by atoms with Crippen LogP contribution >= 0.6 is 0 Å². The maximum atomic E-state index is 5.10. The van der Waals surface area contributed by atoms with Crippen molar-refractivity contribution in [2.45, 2.75) is 0 Å². The molecule has 0 saturated heterocycles. The van der Waals surface area contributed by atoms with Crippen molar-refractivity contribution in [3.05, 3.63) is 24.6 Å². The van der Waals surface area contributed by atoms with Crippen molar-refractivity contribution in [3.63, 3.8) is 0 Å². The summed E-state index contributed by atoms with van der Waals surface area (Å²) in [6.45, 7) is 3.38. The SMILES string of the molecule is C=C(N)C=CO[Si]. The molecule has 0 aromatic heterocycles. The first kappa shape index (κ1) is 6.30. The Bertz CT molecular complexity index is 89.7. The molecular weight excluding hydrogens is 106 g/mol. The summed E-state index contributed by atoms with van der Waals surface area (Å²) in [4.78, 5) is 0. The minimum atomic E-state index is 0.471. The predicted octanol–water partition coefficient (Wildman–Crippen LogP) is 0.0726. The van der Waals surface area contributed by atoms with Crippen LogP contribution in [0.4, 0.5) is 0 Å². The van der Waals surface area contributed by atoms with Crippen LogP contribution in [0.2, 0.25) is 0 Å². The Morgan fingerprint density at radius 2 is 2.43 bits per heavy atom. The molecule has 0 saturated carbocycles. The molecule has 0 rings (SSSR count). The molecule has 0 aromatic carbocycles. The van der Waals surface area contributed by atoms with Gasteiger partial charge in [-0.1, -0.05) is 6.58 Å². The van der Waals surface area contributed by atoms with E-state index in [2.05, 4.69) is 21.5 Å². The van der Waals surface area contributed by atoms with Crippen LogP contribution < -0.4 is 5.73 Å². The number of nitrogens with two attached hydrogens (primary N) is 1. The number of rotatable bonds is 2. The van der Waals surface area contributed by atoms with Crippen molar-refractivity contribution in [1.29, 1.82) is 0 Å². The zero-order valence-corrected chi connectivity index (χ0v) is 4.85. The molecule has 2 N–H and O–H groups in total. The summed E-state index contributed by atoms with van der Waals surface area (Å²) in [5.41, 5.74) is 5.57. The highest BCUT2D eigenvalue weighted by Crippen LogP contribution is 1.77. The molecule has 0 atom stereocenters. The summed E-state index contributed by atoms with van der Waals surface area (Å²) < 4.78 is 4.34. The van der Waals surface area contributed by atoms with E-state index in [0.717, 1.165) is 0 Å². The maximum Gasteiger partial charge on any atom is 0.340 e. The van der Waals surface area contributed by atoms with E-state index in [1.54, 1.807) is 0 Å². The molecule has 0 aliphatic rings. The third-order valence-electron chi connectivity index (χ3n) is 0.350. The van der Waals surface area contributed by atoms with Gasteiger partial charge in [0.1, 0.15) is 0 Å². The summed E-state index contributed by atoms with van der Waals surface area (Å²) in [7, 11) is 2.74. The average molecular weight is 112 g/mol. The van der Waals surface area contributed by atoms with E-state index in [9.17, 15) is 0 Å². The predicted molar refractivity (Wildman–Crippen MR) is 29.3 cm³/mol. The second-order valence-corrected chi connectivity index (χ2v) is 1.23. The quantitative estimate of drug-likeness (QED) is 0.312. The monoisotopic (exact) mass is 112 g/mol. The number of allylic oxidation sites excluding steroid dienone is 1. The van der Waals surface area contributed by atoms with Crippen molar-refractivity contribution in [2.75, 3.05) is 0 Å². The highest BCUT2D eigenvalue weighted by Gasteiger charge is 1.68. The van der Waals surface area contributed by atoms with Crippen LogP contribution in [0, 0.1) is 0 Å². The van der Waals surface area contributed by atoms with E-state index in [-0.39, 0.29) is 0 Å². The lowest BCUT2D eigenvalue weighted by Gasteiger charge is -1.84. The second kappa shape index (κ2) is 3.49. The molecule has 0 bridgehead atoms. The molecule has 0 aliphatic heterocycles. The van der Waals surface area contributed by atoms with Gasteiger partial charge in [-0.3, -0.25) is 0 Å². The van der Waals surface area contributed by atoms with Gasteiger partial charge in [-0.25, -0.2) is 0 Å². The van der Waals surface area contributed by atoms with Gasteiger partial charge < -0.3 is 10.2 Å². The van der Waals surface area contributed by atoms with Gasteiger partial charge in [0.15, 0.2) is 0 Å². The lowest BCUT2D eigenvalue weighted by atomic mass is 10.5. The van der Waals surface area contributed by atoms with E-state index < -0.39 is 0 Å². The topological polar surface area (TPSA) is 35.2 Å². The molecule has 37 valence electrons. The van der Waals surface area contributed by atoms with Crippen LogP contribution in [-0.2, 0) is 4.43 Å². The van der Waals surface area contributed by atoms with E-state index in [4.69, 9.17) is 5.73 Å². The van der Waals surface area contributed by atoms with Crippen LogP contribution in [0.25, 0.3) is 0 Å². The van der Waals surface area contributed by atoms with E-state index in [0.29, 0.717) is 5.70 Å². The molecule has 0 unspecified atom stereocenters. The van der Waals surface area contributed by atoms with E-state index >= 15 is 0 Å². The molecule has 7 heavy (non-hydrogen) atoms. The van der Waals surface area contributed by atoms with Gasteiger partial charge in [-0.2, -0.15) is 0 Å². The minimum Gasteiger partial charge on any atom is -0.546 e. The van der Waals surface area contributed by atoms with Crippen molar-refractivity contribution in [2.24, 2.45) is 5.73 Å². The molecule has 0 heterocycles. The average Bonchev–Trinajstić information content (AvgIpc) is 1.61. The van der Waals surface area contributed by atoms with E-state index in [1.165, 1.54) is 12.3 Å². The Hall–Kier alpha value is -0.703. The van der Waals surface area contributed by atoms with E-state index in [1.807, 2.05) is 0 Å². The Labute approximate surface area is 46.2 Å². The largest absolute Gasteiger partial charge is 0.546 e. The summed E-state index contributed by atoms with van der Waals surface area (Å²) in [6, 6.07) is 0. The molecule has 0 fully saturated rings. The lowest BCUT2D eigenvalue weighted by molar-refractivity contribution is 0.534. The molecule has 3 radical (unpaired) electrons. The molecule has 0 spiro atoms. The summed E-state index contributed by atoms with van der Waals surface area (Å²) in [5, 5.41) is 0. The van der Waals surface area contributed by atoms with Crippen molar-refractivity contribution >= 4 is 10.5 Å². The highest BCUT2D eigenvalue weighted by atomic mass is 28.2. The number of hydrogen-bond donors (Lipinski definition) is 1. The first-order valence-electron chi connectivity index (χ1n) is 1.70. The lowest BCUT2D eigenvalue weighted by Crippen LogP contribution is -1.88. The minimum absolute atomic E-state index is 0.471. The molecular formula is C4H6NOSi. The Morgan fingerprint density at radius 1 is 1.86 bits per heavy atom. The first-order chi connectivity index (χ1) is 3.27. The maximum absolute atomic E-state index is 5.10. The fourth-order valence-electron chi connectivity index (χ4n) is 0.121. The van der Waals surface area contributed by atoms with Gasteiger partial charge in [-0.15, -0.1) is 0 Å². The third kappa shape index (κ3) is 5.30. The number of hydrogen-bond acceptors (Lipinski definition) is 2. The molecule has 3 heteroatoms. The second-order valence-electron chi connectivity index (χ2n) is 0.996. The Balaban J connectivity index is 3.26. The Morgan fingerprint density at radius 3 is 2.57 bits per heavy atom. The van der Waals surface area contributed by atoms with Crippen LogP contribution in [0.1, 0.15) is 0 Å². The summed E-state index contributed by atoms with van der Waals surface area (Å²) >= 11 is 0. The summed E-state index contributed by atoms with van der Waals surface area (Å²) in [6.07, 6.45) is 2.92. The smallest absolute Gasteiger partial charge is 0.340 e. The standard InChI is InChI=1S/C4H6NOSi/c1-4(5)2-3-6-7/h2-3H,1,5H2. The van der Waals surface area contributed by atoms with Crippen LogP contribution in [0.3, 0.4) is 0 Å². The van der Waals surface area contributed by atoms with Crippen molar-refractivity contribution < 1.29 is 4.43 Å². The molecule has 0 aliphatic carbocycles. The zero-order chi connectivity index (χ0) is 5.70. The molecule has 0 aromatic rings. The highest BCUT2D eigenvalue weighted by molar-refractivity contribution is 5.98. The fourth-order valence-corrected chi connectivity index (χ4v) is 0.189. The summed E-state index contributed by atoms with van der Waals surface area (Å²) in [5.74, 6) is 0. The molecule has 2 nitrogen and oxygen atoms in total. The van der Waals surface area contributed by atoms with Crippen molar-refractivity contribution in [1.82, 2.24) is 0 Å². The van der Waals surface area contributed by atoms with Gasteiger partial charge in [0.05, 0.1) is 6.26 Å². The van der Waals surface area contributed by atoms with Crippen LogP contribution in [-0.4, -0.2) is 10.5 Å². The van der Waals surface area contributed by atoms with Gasteiger partial charge in [0.2, 0.25) is 0 Å². The van der Waals surface area contributed by atoms with Gasteiger partial charge in [-0.05, 0) is 6.08 Å². The van der Waals surface area contributed by atoms with Crippen LogP contribution in [0.15, 0.2) is 24.6 Å². The van der Waals surface area contributed by atoms with Gasteiger partial charge in [0, 0.05) is 5.70 Å². The third-order valence-corrected chi connectivity index (χ3v) is 0.486. The van der Waals surface area contributed by atoms with Gasteiger partial charge in [0.25, 0.3) is 0 Å². The first-order valence-corrected chi connectivity index (χ1v) is 2.11. The Kier molecular flexibility index (Phi) is 3.14. The molecule has 0 amide bonds. The van der Waals surface area contributed by atoms with Crippen LogP contribution in [0.5, 0.6) is 0 Å². The zero-order valence-electron chi connectivity index (χ0n) is 3.85. The van der Waals surface area contributed by atoms with Crippen molar-refractivity contribution in [3.8, 4) is 0 Å². The normalized spacial score (nSPS) is 9.29. The van der Waals surface area contributed by atoms with Gasteiger partial charge >= 0.3 is 10.5 Å². The fraction of sp³-hybridized carbons (Fsp3) is 0.